The molecule has 0 aliphatic carbocycles. The Bertz CT molecular complexity index is 592. The molecule has 0 radical (unpaired) electrons. The molecule has 2 aromatic carbocycles. The lowest BCUT2D eigenvalue weighted by molar-refractivity contribution is 0.219. The molecule has 0 bridgehead atoms. The second-order valence-electron chi connectivity index (χ2n) is 4.99. The summed E-state index contributed by atoms with van der Waals surface area (Å²) in [6, 6.07) is 14.1. The van der Waals surface area contributed by atoms with E-state index in [4.69, 9.17) is 4.74 Å². The molecular formula is C17H18O2S. The average Bonchev–Trinajstić information content (AvgIpc) is 2.54. The van der Waals surface area contributed by atoms with Crippen molar-refractivity contribution in [3.8, 4) is 5.75 Å². The number of rotatable bonds is 3. The molecule has 1 heterocycles. The van der Waals surface area contributed by atoms with Crippen LogP contribution in [0, 0.1) is 0 Å². The van der Waals surface area contributed by atoms with Gasteiger partial charge in [0, 0.05) is 4.90 Å². The predicted octanol–water partition coefficient (Wildman–Crippen LogP) is 3.82. The van der Waals surface area contributed by atoms with Crippen molar-refractivity contribution in [2.75, 3.05) is 12.9 Å². The molecule has 0 amide bonds. The van der Waals surface area contributed by atoms with Gasteiger partial charge in [-0.1, -0.05) is 18.2 Å². The highest BCUT2D eigenvalue weighted by molar-refractivity contribution is 7.98. The molecule has 1 atom stereocenters. The predicted molar refractivity (Wildman–Crippen MR) is 82.5 cm³/mol. The second kappa shape index (κ2) is 5.90. The number of benzene rings is 2. The molecule has 1 aliphatic rings. The minimum absolute atomic E-state index is 0.571. The monoisotopic (exact) mass is 286 g/mol. The van der Waals surface area contributed by atoms with Gasteiger partial charge in [0.2, 0.25) is 0 Å². The zero-order chi connectivity index (χ0) is 13.9. The van der Waals surface area contributed by atoms with Crippen LogP contribution in [0.5, 0.6) is 5.75 Å². The Labute approximate surface area is 123 Å². The van der Waals surface area contributed by atoms with Crippen LogP contribution in [-0.4, -0.2) is 18.0 Å². The van der Waals surface area contributed by atoms with Crippen LogP contribution in [-0.2, 0) is 6.42 Å². The number of hydrogen-bond acceptors (Lipinski definition) is 3. The fraction of sp³-hybridized carbons (Fsp3) is 0.294. The van der Waals surface area contributed by atoms with Crippen molar-refractivity contribution in [2.24, 2.45) is 0 Å². The molecule has 0 saturated heterocycles. The minimum atomic E-state index is -0.571. The molecule has 20 heavy (non-hydrogen) atoms. The second-order valence-corrected chi connectivity index (χ2v) is 5.87. The largest absolute Gasteiger partial charge is 0.493 e. The van der Waals surface area contributed by atoms with Gasteiger partial charge < -0.3 is 9.84 Å². The maximum Gasteiger partial charge on any atom is 0.122 e. The smallest absolute Gasteiger partial charge is 0.122 e. The van der Waals surface area contributed by atoms with E-state index < -0.39 is 6.10 Å². The lowest BCUT2D eigenvalue weighted by Gasteiger charge is -2.19. The summed E-state index contributed by atoms with van der Waals surface area (Å²) in [5.74, 6) is 0.963. The Kier molecular flexibility index (Phi) is 3.99. The van der Waals surface area contributed by atoms with E-state index >= 15 is 0 Å². The molecule has 1 N–H and O–H groups in total. The van der Waals surface area contributed by atoms with Gasteiger partial charge >= 0.3 is 0 Å². The van der Waals surface area contributed by atoms with Crippen LogP contribution in [0.25, 0.3) is 0 Å². The molecule has 3 heteroatoms. The third-order valence-corrected chi connectivity index (χ3v) is 4.42. The molecule has 0 saturated carbocycles. The molecule has 0 aromatic heterocycles. The maximum atomic E-state index is 10.5. The molecule has 1 unspecified atom stereocenters. The normalized spacial score (nSPS) is 15.3. The number of aryl methyl sites for hydroxylation is 1. The van der Waals surface area contributed by atoms with Crippen molar-refractivity contribution >= 4 is 11.8 Å². The average molecular weight is 286 g/mol. The van der Waals surface area contributed by atoms with E-state index in [1.165, 1.54) is 10.5 Å². The SMILES string of the molecule is CSc1ccc(C(O)c2ccc3c(c2)CCCO3)cc1. The molecule has 0 fully saturated rings. The van der Waals surface area contributed by atoms with Crippen molar-refractivity contribution in [1.29, 1.82) is 0 Å². The Balaban J connectivity index is 1.87. The van der Waals surface area contributed by atoms with E-state index in [1.54, 1.807) is 11.8 Å². The van der Waals surface area contributed by atoms with Gasteiger partial charge in [-0.2, -0.15) is 0 Å². The number of fused-ring (bicyclic) bond motifs is 1. The van der Waals surface area contributed by atoms with Gasteiger partial charge in [-0.05, 0) is 60.1 Å². The Morgan fingerprint density at radius 3 is 2.60 bits per heavy atom. The maximum absolute atomic E-state index is 10.5. The lowest BCUT2D eigenvalue weighted by Crippen LogP contribution is -2.09. The molecular weight excluding hydrogens is 268 g/mol. The summed E-state index contributed by atoms with van der Waals surface area (Å²) in [7, 11) is 0. The first-order chi connectivity index (χ1) is 9.78. The number of thioether (sulfide) groups is 1. The summed E-state index contributed by atoms with van der Waals surface area (Å²) in [6.07, 6.45) is 3.56. The molecule has 3 rings (SSSR count). The minimum Gasteiger partial charge on any atom is -0.493 e. The van der Waals surface area contributed by atoms with Crippen LogP contribution < -0.4 is 4.74 Å². The Morgan fingerprint density at radius 2 is 1.85 bits per heavy atom. The highest BCUT2D eigenvalue weighted by atomic mass is 32.2. The van der Waals surface area contributed by atoms with Gasteiger partial charge in [-0.15, -0.1) is 11.8 Å². The fourth-order valence-electron chi connectivity index (χ4n) is 2.53. The summed E-state index contributed by atoms with van der Waals surface area (Å²) in [4.78, 5) is 1.21. The first kappa shape index (κ1) is 13.5. The summed E-state index contributed by atoms with van der Waals surface area (Å²) < 4.78 is 5.61. The summed E-state index contributed by atoms with van der Waals surface area (Å²) in [6.45, 7) is 0.797. The molecule has 2 nitrogen and oxygen atoms in total. The molecule has 1 aliphatic heterocycles. The fourth-order valence-corrected chi connectivity index (χ4v) is 2.94. The van der Waals surface area contributed by atoms with Crippen molar-refractivity contribution in [3.05, 3.63) is 59.2 Å². The zero-order valence-corrected chi connectivity index (χ0v) is 12.3. The third-order valence-electron chi connectivity index (χ3n) is 3.68. The standard InChI is InChI=1S/C17H18O2S/c1-20-15-7-4-12(5-8-15)17(18)14-6-9-16-13(11-14)3-2-10-19-16/h4-9,11,17-18H,2-3,10H2,1H3. The van der Waals surface area contributed by atoms with Gasteiger partial charge in [-0.3, -0.25) is 0 Å². The summed E-state index contributed by atoms with van der Waals surface area (Å²) in [5, 5.41) is 10.5. The topological polar surface area (TPSA) is 29.5 Å². The lowest BCUT2D eigenvalue weighted by atomic mass is 9.97. The van der Waals surface area contributed by atoms with E-state index in [0.717, 1.165) is 36.3 Å². The van der Waals surface area contributed by atoms with E-state index in [9.17, 15) is 5.11 Å². The van der Waals surface area contributed by atoms with Gasteiger partial charge in [0.1, 0.15) is 11.9 Å². The third kappa shape index (κ3) is 2.69. The van der Waals surface area contributed by atoms with Gasteiger partial charge in [0.25, 0.3) is 0 Å². The first-order valence-electron chi connectivity index (χ1n) is 6.85. The van der Waals surface area contributed by atoms with Crippen molar-refractivity contribution in [2.45, 2.75) is 23.8 Å². The number of ether oxygens (including phenoxy) is 1. The quantitative estimate of drug-likeness (QED) is 0.870. The highest BCUT2D eigenvalue weighted by Gasteiger charge is 2.15. The number of hydrogen-bond donors (Lipinski definition) is 1. The number of aliphatic hydroxyl groups excluding tert-OH is 1. The Hall–Kier alpha value is -1.45. The van der Waals surface area contributed by atoms with Crippen LogP contribution >= 0.6 is 11.8 Å². The van der Waals surface area contributed by atoms with Crippen LogP contribution in [0.15, 0.2) is 47.4 Å². The van der Waals surface area contributed by atoms with Crippen LogP contribution in [0.2, 0.25) is 0 Å². The summed E-state index contributed by atoms with van der Waals surface area (Å²) in [5.41, 5.74) is 3.07. The first-order valence-corrected chi connectivity index (χ1v) is 8.08. The van der Waals surface area contributed by atoms with Crippen molar-refractivity contribution < 1.29 is 9.84 Å². The van der Waals surface area contributed by atoms with Crippen molar-refractivity contribution in [3.63, 3.8) is 0 Å². The van der Waals surface area contributed by atoms with E-state index in [1.807, 2.05) is 36.4 Å². The van der Waals surface area contributed by atoms with E-state index in [2.05, 4.69) is 12.3 Å². The number of aliphatic hydroxyl groups is 1. The van der Waals surface area contributed by atoms with Gasteiger partial charge in [0.15, 0.2) is 0 Å². The van der Waals surface area contributed by atoms with E-state index in [-0.39, 0.29) is 0 Å². The summed E-state index contributed by atoms with van der Waals surface area (Å²) >= 11 is 1.71. The van der Waals surface area contributed by atoms with Crippen LogP contribution in [0.1, 0.15) is 29.2 Å². The van der Waals surface area contributed by atoms with Gasteiger partial charge in [0.05, 0.1) is 6.61 Å². The highest BCUT2D eigenvalue weighted by Crippen LogP contribution is 2.30. The molecule has 104 valence electrons. The van der Waals surface area contributed by atoms with Crippen LogP contribution in [0.4, 0.5) is 0 Å². The van der Waals surface area contributed by atoms with Crippen LogP contribution in [0.3, 0.4) is 0 Å². The zero-order valence-electron chi connectivity index (χ0n) is 11.5. The van der Waals surface area contributed by atoms with E-state index in [0.29, 0.717) is 0 Å². The van der Waals surface area contributed by atoms with Gasteiger partial charge in [-0.25, -0.2) is 0 Å². The Morgan fingerprint density at radius 1 is 1.10 bits per heavy atom. The van der Waals surface area contributed by atoms with Crippen molar-refractivity contribution in [1.82, 2.24) is 0 Å². The molecule has 0 spiro atoms. The molecule has 2 aromatic rings.